The smallest absolute Gasteiger partial charge is 0.341 e. The zero-order chi connectivity index (χ0) is 16.4. The molecule has 1 amide bonds. The first kappa shape index (κ1) is 17.4. The van der Waals surface area contributed by atoms with E-state index in [1.54, 1.807) is 6.92 Å². The highest BCUT2D eigenvalue weighted by Crippen LogP contribution is 2.20. The van der Waals surface area contributed by atoms with Gasteiger partial charge in [-0.05, 0) is 30.7 Å². The second-order valence-electron chi connectivity index (χ2n) is 4.67. The van der Waals surface area contributed by atoms with E-state index in [-0.39, 0.29) is 10.5 Å². The van der Waals surface area contributed by atoms with Crippen LogP contribution in [0, 0.1) is 6.92 Å². The van der Waals surface area contributed by atoms with Gasteiger partial charge in [0.2, 0.25) is 10.0 Å². The van der Waals surface area contributed by atoms with Crippen LogP contribution in [-0.4, -0.2) is 39.0 Å². The van der Waals surface area contributed by atoms with Crippen LogP contribution in [0.2, 0.25) is 0 Å². The molecule has 2 N–H and O–H groups in total. The number of amides is 1. The van der Waals surface area contributed by atoms with Gasteiger partial charge in [0.05, 0.1) is 11.3 Å². The molecule has 21 heavy (non-hydrogen) atoms. The summed E-state index contributed by atoms with van der Waals surface area (Å²) in [7, 11) is -2.78. The zero-order valence-electron chi connectivity index (χ0n) is 11.4. The van der Waals surface area contributed by atoms with Crippen LogP contribution in [0.1, 0.15) is 22.3 Å². The number of hydrogen-bond acceptors (Lipinski definition) is 3. The number of rotatable bonds is 4. The first-order valence-corrected chi connectivity index (χ1v) is 7.41. The molecule has 0 unspecified atom stereocenters. The van der Waals surface area contributed by atoms with Crippen molar-refractivity contribution in [2.75, 3.05) is 13.6 Å². The number of carbonyl (C=O) groups is 1. The molecule has 9 heteroatoms. The predicted molar refractivity (Wildman–Crippen MR) is 70.2 cm³/mol. The highest BCUT2D eigenvalue weighted by Gasteiger charge is 2.28. The van der Waals surface area contributed by atoms with Crippen molar-refractivity contribution in [1.82, 2.24) is 4.90 Å². The molecule has 118 valence electrons. The Bertz CT molecular complexity index is 642. The molecule has 0 atom stereocenters. The number of nitrogens with two attached hydrogens (primary N) is 1. The average Bonchev–Trinajstić information content (AvgIpc) is 2.32. The molecule has 1 aromatic rings. The van der Waals surface area contributed by atoms with Crippen LogP contribution in [-0.2, 0) is 10.0 Å². The minimum Gasteiger partial charge on any atom is -0.341 e. The van der Waals surface area contributed by atoms with Crippen molar-refractivity contribution in [2.24, 2.45) is 5.14 Å². The van der Waals surface area contributed by atoms with Gasteiger partial charge < -0.3 is 4.90 Å². The standard InChI is InChI=1S/C12H15F3N2O3S/c1-8-5-9(7-10(6-8)21(16,19)20)11(18)17(2)4-3-12(13,14)15/h5-7H,3-4H2,1-2H3,(H2,16,19,20). The lowest BCUT2D eigenvalue weighted by atomic mass is 10.1. The van der Waals surface area contributed by atoms with Gasteiger partial charge in [0, 0.05) is 19.2 Å². The summed E-state index contributed by atoms with van der Waals surface area (Å²) < 4.78 is 59.0. The Morgan fingerprint density at radius 1 is 1.29 bits per heavy atom. The van der Waals surface area contributed by atoms with E-state index in [1.165, 1.54) is 19.2 Å². The zero-order valence-corrected chi connectivity index (χ0v) is 12.3. The molecule has 0 spiro atoms. The number of nitrogens with zero attached hydrogens (tertiary/aromatic N) is 1. The topological polar surface area (TPSA) is 80.5 Å². The molecule has 0 aliphatic heterocycles. The Balaban J connectivity index is 3.00. The third-order valence-electron chi connectivity index (χ3n) is 2.70. The number of alkyl halides is 3. The summed E-state index contributed by atoms with van der Waals surface area (Å²) >= 11 is 0. The van der Waals surface area contributed by atoms with E-state index >= 15 is 0 Å². The Hall–Kier alpha value is -1.61. The van der Waals surface area contributed by atoms with Gasteiger partial charge in [-0.1, -0.05) is 0 Å². The van der Waals surface area contributed by atoms with E-state index in [4.69, 9.17) is 5.14 Å². The molecular weight excluding hydrogens is 309 g/mol. The van der Waals surface area contributed by atoms with E-state index < -0.39 is 35.1 Å². The second kappa shape index (κ2) is 6.02. The third-order valence-corrected chi connectivity index (χ3v) is 3.60. The number of primary sulfonamides is 1. The van der Waals surface area contributed by atoms with Crippen LogP contribution in [0.3, 0.4) is 0 Å². The minimum atomic E-state index is -4.37. The lowest BCUT2D eigenvalue weighted by Gasteiger charge is -2.18. The van der Waals surface area contributed by atoms with Gasteiger partial charge in [0.1, 0.15) is 0 Å². The number of aryl methyl sites for hydroxylation is 1. The molecule has 0 aromatic heterocycles. The average molecular weight is 324 g/mol. The lowest BCUT2D eigenvalue weighted by molar-refractivity contribution is -0.136. The summed E-state index contributed by atoms with van der Waals surface area (Å²) in [5.74, 6) is -0.701. The molecule has 0 aliphatic rings. The summed E-state index contributed by atoms with van der Waals surface area (Å²) in [6.45, 7) is 1.04. The van der Waals surface area contributed by atoms with Crippen LogP contribution in [0.5, 0.6) is 0 Å². The van der Waals surface area contributed by atoms with Gasteiger partial charge in [-0.2, -0.15) is 13.2 Å². The fourth-order valence-corrected chi connectivity index (χ4v) is 2.29. The normalized spacial score (nSPS) is 12.3. The molecule has 0 saturated carbocycles. The van der Waals surface area contributed by atoms with E-state index in [1.807, 2.05) is 0 Å². The quantitative estimate of drug-likeness (QED) is 0.915. The van der Waals surface area contributed by atoms with Crippen molar-refractivity contribution in [2.45, 2.75) is 24.4 Å². The van der Waals surface area contributed by atoms with Gasteiger partial charge >= 0.3 is 6.18 Å². The summed E-state index contributed by atoms with van der Waals surface area (Å²) in [6.07, 6.45) is -5.50. The fraction of sp³-hybridized carbons (Fsp3) is 0.417. The Labute approximate surface area is 120 Å². The number of benzene rings is 1. The van der Waals surface area contributed by atoms with Crippen LogP contribution >= 0.6 is 0 Å². The van der Waals surface area contributed by atoms with Crippen molar-refractivity contribution in [3.63, 3.8) is 0 Å². The minimum absolute atomic E-state index is 0.0244. The van der Waals surface area contributed by atoms with Crippen molar-refractivity contribution in [1.29, 1.82) is 0 Å². The molecular formula is C12H15F3N2O3S. The largest absolute Gasteiger partial charge is 0.390 e. The molecule has 0 heterocycles. The number of sulfonamides is 1. The monoisotopic (exact) mass is 324 g/mol. The molecule has 0 radical (unpaired) electrons. The Morgan fingerprint density at radius 3 is 2.33 bits per heavy atom. The summed E-state index contributed by atoms with van der Waals surface area (Å²) in [5, 5.41) is 4.99. The number of carbonyl (C=O) groups excluding carboxylic acids is 1. The Morgan fingerprint density at radius 2 is 1.86 bits per heavy atom. The maximum atomic E-state index is 12.1. The molecule has 0 bridgehead atoms. The fourth-order valence-electron chi connectivity index (χ4n) is 1.65. The predicted octanol–water partition coefficient (Wildman–Crippen LogP) is 1.67. The molecule has 0 aliphatic carbocycles. The summed E-state index contributed by atoms with van der Waals surface area (Å²) in [4.78, 5) is 12.6. The molecule has 1 aromatic carbocycles. The van der Waals surface area contributed by atoms with Crippen LogP contribution in [0.4, 0.5) is 13.2 Å². The van der Waals surface area contributed by atoms with Gasteiger partial charge in [-0.3, -0.25) is 4.79 Å². The van der Waals surface area contributed by atoms with Gasteiger partial charge in [0.25, 0.3) is 5.91 Å². The van der Waals surface area contributed by atoms with E-state index in [2.05, 4.69) is 0 Å². The van der Waals surface area contributed by atoms with Crippen molar-refractivity contribution in [3.05, 3.63) is 29.3 Å². The number of hydrogen-bond donors (Lipinski definition) is 1. The highest BCUT2D eigenvalue weighted by molar-refractivity contribution is 7.89. The van der Waals surface area contributed by atoms with Crippen LogP contribution in [0.15, 0.2) is 23.1 Å². The van der Waals surface area contributed by atoms with Gasteiger partial charge in [-0.15, -0.1) is 0 Å². The van der Waals surface area contributed by atoms with Crippen LogP contribution < -0.4 is 5.14 Å². The van der Waals surface area contributed by atoms with Gasteiger partial charge in [0.15, 0.2) is 0 Å². The first-order valence-electron chi connectivity index (χ1n) is 5.87. The Kier molecular flexibility index (Phi) is 5.00. The van der Waals surface area contributed by atoms with E-state index in [0.29, 0.717) is 5.56 Å². The maximum absolute atomic E-state index is 12.1. The third kappa shape index (κ3) is 5.35. The molecule has 0 saturated heterocycles. The lowest BCUT2D eigenvalue weighted by Crippen LogP contribution is -2.30. The molecule has 1 rings (SSSR count). The SMILES string of the molecule is Cc1cc(C(=O)N(C)CCC(F)(F)F)cc(S(N)(=O)=O)c1. The number of halogens is 3. The van der Waals surface area contributed by atoms with E-state index in [9.17, 15) is 26.4 Å². The van der Waals surface area contributed by atoms with Crippen molar-refractivity contribution >= 4 is 15.9 Å². The maximum Gasteiger partial charge on any atom is 0.390 e. The molecule has 0 fully saturated rings. The highest BCUT2D eigenvalue weighted by atomic mass is 32.2. The van der Waals surface area contributed by atoms with Crippen molar-refractivity contribution < 1.29 is 26.4 Å². The summed E-state index contributed by atoms with van der Waals surface area (Å²) in [6, 6.07) is 3.72. The van der Waals surface area contributed by atoms with Gasteiger partial charge in [-0.25, -0.2) is 13.6 Å². The van der Waals surface area contributed by atoms with Crippen molar-refractivity contribution in [3.8, 4) is 0 Å². The van der Waals surface area contributed by atoms with E-state index in [0.717, 1.165) is 11.0 Å². The summed E-state index contributed by atoms with van der Waals surface area (Å²) in [5.41, 5.74) is 0.442. The van der Waals surface area contributed by atoms with Crippen LogP contribution in [0.25, 0.3) is 0 Å². The first-order chi connectivity index (χ1) is 9.40. The molecule has 5 nitrogen and oxygen atoms in total. The second-order valence-corrected chi connectivity index (χ2v) is 6.23.